The highest BCUT2D eigenvalue weighted by molar-refractivity contribution is 7.19. The Hall–Kier alpha value is -0.660. The molecule has 0 saturated carbocycles. The number of thiophene rings is 1. The SMILES string of the molecule is CC1(C)Cc2c(sc3ncn4nc(C(Cl)(Cl)Cl)nc4c23)CO1. The molecule has 0 spiro atoms. The van der Waals surface area contributed by atoms with Gasteiger partial charge in [-0.05, 0) is 19.4 Å². The zero-order chi connectivity index (χ0) is 15.7. The minimum atomic E-state index is -1.66. The van der Waals surface area contributed by atoms with E-state index in [1.165, 1.54) is 10.4 Å². The number of ether oxygens (including phenoxy) is 1. The van der Waals surface area contributed by atoms with Crippen molar-refractivity contribution in [3.05, 3.63) is 22.6 Å². The van der Waals surface area contributed by atoms with Gasteiger partial charge in [0.05, 0.1) is 17.6 Å². The summed E-state index contributed by atoms with van der Waals surface area (Å²) in [5.41, 5.74) is 1.66. The lowest BCUT2D eigenvalue weighted by atomic mass is 9.94. The first-order valence-electron chi connectivity index (χ1n) is 6.61. The van der Waals surface area contributed by atoms with Crippen LogP contribution in [0.4, 0.5) is 0 Å². The maximum absolute atomic E-state index is 5.90. The molecule has 5 nitrogen and oxygen atoms in total. The van der Waals surface area contributed by atoms with E-state index in [1.54, 1.807) is 22.2 Å². The van der Waals surface area contributed by atoms with Crippen molar-refractivity contribution >= 4 is 62.0 Å². The van der Waals surface area contributed by atoms with Gasteiger partial charge in [-0.1, -0.05) is 34.8 Å². The number of rotatable bonds is 0. The van der Waals surface area contributed by atoms with E-state index in [-0.39, 0.29) is 11.4 Å². The smallest absolute Gasteiger partial charge is 0.252 e. The predicted molar refractivity (Wildman–Crippen MR) is 88.0 cm³/mol. The van der Waals surface area contributed by atoms with Crippen LogP contribution in [0.2, 0.25) is 0 Å². The Balaban J connectivity index is 2.03. The molecule has 1 aliphatic rings. The van der Waals surface area contributed by atoms with Crippen molar-refractivity contribution in [3.8, 4) is 0 Å². The van der Waals surface area contributed by atoms with Gasteiger partial charge in [0.1, 0.15) is 11.2 Å². The molecule has 9 heteroatoms. The lowest BCUT2D eigenvalue weighted by molar-refractivity contribution is -0.0379. The predicted octanol–water partition coefficient (Wildman–Crippen LogP) is 4.02. The topological polar surface area (TPSA) is 52.3 Å². The van der Waals surface area contributed by atoms with Gasteiger partial charge in [-0.3, -0.25) is 0 Å². The van der Waals surface area contributed by atoms with Crippen molar-refractivity contribution in [2.24, 2.45) is 0 Å². The first kappa shape index (κ1) is 14.9. The van der Waals surface area contributed by atoms with Gasteiger partial charge in [0.2, 0.25) is 5.82 Å². The second kappa shape index (κ2) is 4.68. The molecule has 0 atom stereocenters. The molecule has 0 radical (unpaired) electrons. The fourth-order valence-electron chi connectivity index (χ4n) is 2.66. The lowest BCUT2D eigenvalue weighted by Gasteiger charge is -2.30. The Bertz CT molecular complexity index is 896. The van der Waals surface area contributed by atoms with E-state index in [9.17, 15) is 0 Å². The highest BCUT2D eigenvalue weighted by atomic mass is 35.6. The molecule has 3 aromatic heterocycles. The summed E-state index contributed by atoms with van der Waals surface area (Å²) < 4.78 is 5.78. The molecule has 22 heavy (non-hydrogen) atoms. The molecule has 0 N–H and O–H groups in total. The molecule has 0 unspecified atom stereocenters. The summed E-state index contributed by atoms with van der Waals surface area (Å²) in [4.78, 5) is 11.0. The molecule has 0 fully saturated rings. The van der Waals surface area contributed by atoms with Crippen LogP contribution in [-0.2, 0) is 21.6 Å². The third-order valence-corrected chi connectivity index (χ3v) is 5.28. The quantitative estimate of drug-likeness (QED) is 0.555. The number of alkyl halides is 3. The normalized spacial score (nSPS) is 18.0. The van der Waals surface area contributed by atoms with Crippen LogP contribution in [0, 0.1) is 0 Å². The highest BCUT2D eigenvalue weighted by Crippen LogP contribution is 2.41. The largest absolute Gasteiger partial charge is 0.370 e. The lowest BCUT2D eigenvalue weighted by Crippen LogP contribution is -2.31. The Morgan fingerprint density at radius 2 is 2.14 bits per heavy atom. The number of hydrogen-bond donors (Lipinski definition) is 0. The van der Waals surface area contributed by atoms with Crippen LogP contribution in [0.5, 0.6) is 0 Å². The second-order valence-electron chi connectivity index (χ2n) is 5.86. The van der Waals surface area contributed by atoms with E-state index in [2.05, 4.69) is 28.9 Å². The summed E-state index contributed by atoms with van der Waals surface area (Å²) in [5.74, 6) is 0.151. The number of hydrogen-bond acceptors (Lipinski definition) is 5. The zero-order valence-corrected chi connectivity index (χ0v) is 14.8. The Morgan fingerprint density at radius 3 is 2.86 bits per heavy atom. The molecule has 0 saturated heterocycles. The third kappa shape index (κ3) is 2.29. The van der Waals surface area contributed by atoms with Crippen molar-refractivity contribution in [1.29, 1.82) is 0 Å². The van der Waals surface area contributed by atoms with Crippen LogP contribution in [-0.4, -0.2) is 25.2 Å². The highest BCUT2D eigenvalue weighted by Gasteiger charge is 2.33. The van der Waals surface area contributed by atoms with Crippen molar-refractivity contribution in [1.82, 2.24) is 19.6 Å². The van der Waals surface area contributed by atoms with E-state index in [4.69, 9.17) is 39.5 Å². The van der Waals surface area contributed by atoms with Crippen LogP contribution in [0.25, 0.3) is 15.9 Å². The molecule has 0 aliphatic carbocycles. The van der Waals surface area contributed by atoms with E-state index in [0.29, 0.717) is 12.3 Å². The first-order valence-corrected chi connectivity index (χ1v) is 8.56. The van der Waals surface area contributed by atoms with Crippen molar-refractivity contribution in [2.75, 3.05) is 0 Å². The fourth-order valence-corrected chi connectivity index (χ4v) is 3.97. The number of aromatic nitrogens is 4. The first-order chi connectivity index (χ1) is 10.2. The monoisotopic (exact) mass is 376 g/mol. The minimum Gasteiger partial charge on any atom is -0.370 e. The maximum Gasteiger partial charge on any atom is 0.252 e. The van der Waals surface area contributed by atoms with Crippen LogP contribution in [0.1, 0.15) is 30.1 Å². The molecule has 0 bridgehead atoms. The Labute approximate surface area is 145 Å². The maximum atomic E-state index is 5.90. The summed E-state index contributed by atoms with van der Waals surface area (Å²) in [6.45, 7) is 4.73. The van der Waals surface area contributed by atoms with Crippen molar-refractivity contribution in [3.63, 3.8) is 0 Å². The number of halogens is 3. The molecular weight excluding hydrogens is 367 g/mol. The summed E-state index contributed by atoms with van der Waals surface area (Å²) in [6.07, 6.45) is 2.39. The summed E-state index contributed by atoms with van der Waals surface area (Å²) in [7, 11) is 0. The van der Waals surface area contributed by atoms with Crippen molar-refractivity contribution in [2.45, 2.75) is 36.3 Å². The summed E-state index contributed by atoms with van der Waals surface area (Å²) in [5, 5.41) is 5.20. The molecule has 0 amide bonds. The molecule has 0 aromatic carbocycles. The van der Waals surface area contributed by atoms with Gasteiger partial charge in [-0.25, -0.2) is 14.5 Å². The Kier molecular flexibility index (Phi) is 3.17. The Morgan fingerprint density at radius 1 is 1.36 bits per heavy atom. The van der Waals surface area contributed by atoms with Gasteiger partial charge in [0.25, 0.3) is 3.79 Å². The van der Waals surface area contributed by atoms with Crippen LogP contribution < -0.4 is 0 Å². The molecule has 1 aliphatic heterocycles. The average molecular weight is 378 g/mol. The average Bonchev–Trinajstić information content (AvgIpc) is 2.96. The minimum absolute atomic E-state index is 0.151. The standard InChI is InChI=1S/C13H11Cl3N4OS/c1-12(2)3-6-7(4-21-12)22-10-8(6)9-18-11(13(14,15)16)19-20(9)5-17-10/h5H,3-4H2,1-2H3. The molecule has 4 rings (SSSR count). The molecule has 3 aromatic rings. The molecule has 116 valence electrons. The molecular formula is C13H11Cl3N4OS. The van der Waals surface area contributed by atoms with Crippen LogP contribution in [0.15, 0.2) is 6.33 Å². The van der Waals surface area contributed by atoms with Gasteiger partial charge in [-0.2, -0.15) is 0 Å². The van der Waals surface area contributed by atoms with Crippen molar-refractivity contribution < 1.29 is 4.74 Å². The van der Waals surface area contributed by atoms with Gasteiger partial charge in [0.15, 0.2) is 5.65 Å². The number of fused-ring (bicyclic) bond motifs is 5. The molecule has 4 heterocycles. The fraction of sp³-hybridized carbons (Fsp3) is 0.462. The second-order valence-corrected chi connectivity index (χ2v) is 9.22. The van der Waals surface area contributed by atoms with Crippen LogP contribution in [0.3, 0.4) is 0 Å². The van der Waals surface area contributed by atoms with E-state index in [1.807, 2.05) is 0 Å². The summed E-state index contributed by atoms with van der Waals surface area (Å²) in [6, 6.07) is 0. The van der Waals surface area contributed by atoms with E-state index in [0.717, 1.165) is 16.6 Å². The van der Waals surface area contributed by atoms with E-state index < -0.39 is 3.79 Å². The third-order valence-electron chi connectivity index (χ3n) is 3.66. The van der Waals surface area contributed by atoms with Crippen LogP contribution >= 0.6 is 46.1 Å². The number of nitrogens with zero attached hydrogens (tertiary/aromatic N) is 4. The summed E-state index contributed by atoms with van der Waals surface area (Å²) >= 11 is 19.3. The van der Waals surface area contributed by atoms with Gasteiger partial charge in [0, 0.05) is 11.3 Å². The van der Waals surface area contributed by atoms with E-state index >= 15 is 0 Å². The van der Waals surface area contributed by atoms with Gasteiger partial charge >= 0.3 is 0 Å². The van der Waals surface area contributed by atoms with Gasteiger partial charge in [-0.15, -0.1) is 16.4 Å². The van der Waals surface area contributed by atoms with Gasteiger partial charge < -0.3 is 4.74 Å². The zero-order valence-electron chi connectivity index (χ0n) is 11.7.